The Hall–Kier alpha value is -2.93. The summed E-state index contributed by atoms with van der Waals surface area (Å²) < 4.78 is 21.9. The molecule has 1 heterocycles. The van der Waals surface area contributed by atoms with Crippen LogP contribution in [0.15, 0.2) is 0 Å². The predicted molar refractivity (Wildman–Crippen MR) is 188 cm³/mol. The molecule has 0 aliphatic carbocycles. The maximum Gasteiger partial charge on any atom is 0.246 e. The first-order chi connectivity index (χ1) is 23.9. The van der Waals surface area contributed by atoms with Gasteiger partial charge in [0, 0.05) is 19.6 Å². The summed E-state index contributed by atoms with van der Waals surface area (Å²) in [6.07, 6.45) is -0.700. The summed E-state index contributed by atoms with van der Waals surface area (Å²) in [6, 6.07) is -3.20. The fourth-order valence-corrected chi connectivity index (χ4v) is 4.97. The average Bonchev–Trinajstić information content (AvgIpc) is 3.57. The van der Waals surface area contributed by atoms with E-state index in [9.17, 15) is 29.1 Å². The number of aliphatic hydroxyl groups excluding tert-OH is 2. The molecule has 1 aliphatic rings. The number of hydrogen-bond donors (Lipinski definition) is 7. The maximum atomic E-state index is 12.9. The van der Waals surface area contributed by atoms with Gasteiger partial charge < -0.3 is 61.1 Å². The number of nitrogens with one attached hydrogen (secondary N) is 4. The number of aliphatic hydroxyl groups is 2. The normalized spacial score (nSPS) is 18.4. The summed E-state index contributed by atoms with van der Waals surface area (Å²) in [5.74, 6) is -2.12. The second-order valence-electron chi connectivity index (χ2n) is 14.3. The monoisotopic (exact) mass is 732 g/mol. The van der Waals surface area contributed by atoms with Crippen LogP contribution in [0.1, 0.15) is 68.2 Å². The Bertz CT molecular complexity index is 1090. The van der Waals surface area contributed by atoms with Crippen LogP contribution in [-0.2, 0) is 42.9 Å². The van der Waals surface area contributed by atoms with Crippen molar-refractivity contribution in [3.63, 3.8) is 0 Å². The van der Waals surface area contributed by atoms with Crippen molar-refractivity contribution in [2.75, 3.05) is 65.9 Å². The molecule has 8 N–H and O–H groups in total. The molecule has 0 aromatic carbocycles. The van der Waals surface area contributed by atoms with Crippen LogP contribution in [0.5, 0.6) is 0 Å². The molecule has 51 heavy (non-hydrogen) atoms. The largest absolute Gasteiger partial charge is 0.391 e. The standard InChI is InChI=1S/C34H64N6O11/c1-21(2)29(35)33(47)40-13-9-10-25(40)32(46)39-24(5)31(45)38-23(4)30(44)37-12-15-49-17-16-48-14-11-36-27(42)20-50-19-26(51-28(43)18-41)22(3)34(6,7)8/h21-26,28-29,41,43H,9-20,35H2,1-8H3,(H,36,42)(H,37,44)(H,38,45)(H,39,46). The zero-order valence-electron chi connectivity index (χ0n) is 31.7. The zero-order valence-corrected chi connectivity index (χ0v) is 31.7. The number of amides is 5. The third kappa shape index (κ3) is 17.4. The fourth-order valence-electron chi connectivity index (χ4n) is 4.97. The minimum atomic E-state index is -1.33. The van der Waals surface area contributed by atoms with Gasteiger partial charge in [-0.25, -0.2) is 0 Å². The van der Waals surface area contributed by atoms with E-state index in [1.807, 2.05) is 41.5 Å². The number of hydrogen-bond acceptors (Lipinski definition) is 12. The van der Waals surface area contributed by atoms with E-state index in [2.05, 4.69) is 21.3 Å². The third-order valence-electron chi connectivity index (χ3n) is 8.76. The number of nitrogens with two attached hydrogens (primary N) is 1. The minimum absolute atomic E-state index is 0.0223. The zero-order chi connectivity index (χ0) is 38.7. The van der Waals surface area contributed by atoms with Crippen molar-refractivity contribution in [1.29, 1.82) is 0 Å². The van der Waals surface area contributed by atoms with Gasteiger partial charge in [-0.05, 0) is 43.9 Å². The number of carbonyl (C=O) groups is 5. The quantitative estimate of drug-likeness (QED) is 0.0450. The van der Waals surface area contributed by atoms with Crippen LogP contribution in [-0.4, -0.2) is 147 Å². The Labute approximate surface area is 302 Å². The molecule has 0 spiro atoms. The lowest BCUT2D eigenvalue weighted by Crippen LogP contribution is -2.56. The molecule has 1 rings (SSSR count). The van der Waals surface area contributed by atoms with Crippen LogP contribution in [0.2, 0.25) is 0 Å². The summed E-state index contributed by atoms with van der Waals surface area (Å²) in [4.78, 5) is 64.3. The molecule has 1 aliphatic heterocycles. The molecule has 7 atom stereocenters. The summed E-state index contributed by atoms with van der Waals surface area (Å²) in [5.41, 5.74) is 5.86. The molecular weight excluding hydrogens is 668 g/mol. The van der Waals surface area contributed by atoms with Gasteiger partial charge in [-0.2, -0.15) is 0 Å². The Balaban J connectivity index is 2.20. The van der Waals surface area contributed by atoms with Crippen LogP contribution in [0, 0.1) is 17.3 Å². The van der Waals surface area contributed by atoms with Gasteiger partial charge in [-0.3, -0.25) is 24.0 Å². The van der Waals surface area contributed by atoms with E-state index in [1.165, 1.54) is 18.7 Å². The van der Waals surface area contributed by atoms with Crippen molar-refractivity contribution >= 4 is 29.5 Å². The van der Waals surface area contributed by atoms with Crippen molar-refractivity contribution in [3.05, 3.63) is 0 Å². The highest BCUT2D eigenvalue weighted by Gasteiger charge is 2.38. The molecule has 0 aromatic heterocycles. The molecule has 5 amide bonds. The van der Waals surface area contributed by atoms with Crippen molar-refractivity contribution in [3.8, 4) is 0 Å². The molecule has 1 saturated heterocycles. The molecule has 0 radical (unpaired) electrons. The number of nitrogens with zero attached hydrogens (tertiary/aromatic N) is 1. The molecule has 0 aromatic rings. The highest BCUT2D eigenvalue weighted by molar-refractivity contribution is 5.94. The molecule has 296 valence electrons. The first-order valence-electron chi connectivity index (χ1n) is 17.8. The van der Waals surface area contributed by atoms with Gasteiger partial charge in [0.05, 0.1) is 51.8 Å². The van der Waals surface area contributed by atoms with Crippen molar-refractivity contribution < 1.29 is 53.1 Å². The first-order valence-corrected chi connectivity index (χ1v) is 17.8. The number of ether oxygens (including phenoxy) is 4. The molecule has 1 fully saturated rings. The van der Waals surface area contributed by atoms with Crippen molar-refractivity contribution in [1.82, 2.24) is 26.2 Å². The highest BCUT2D eigenvalue weighted by atomic mass is 16.6. The van der Waals surface area contributed by atoms with Gasteiger partial charge in [0.25, 0.3) is 0 Å². The molecule has 17 heteroatoms. The third-order valence-corrected chi connectivity index (χ3v) is 8.76. The SMILES string of the molecule is CC(NC(=O)C(C)NC(=O)C1CCCN1C(=O)C(N)C(C)C)C(=O)NCCOCCOCCNC(=O)COCC(OC(O)CO)C(C)C(C)(C)C. The van der Waals surface area contributed by atoms with E-state index >= 15 is 0 Å². The lowest BCUT2D eigenvalue weighted by atomic mass is 9.79. The van der Waals surface area contributed by atoms with Crippen LogP contribution in [0.3, 0.4) is 0 Å². The van der Waals surface area contributed by atoms with E-state index in [-0.39, 0.29) is 81.8 Å². The average molecular weight is 733 g/mol. The van der Waals surface area contributed by atoms with Gasteiger partial charge in [0.2, 0.25) is 29.5 Å². The maximum absolute atomic E-state index is 12.9. The Morgan fingerprint density at radius 2 is 1.45 bits per heavy atom. The number of likely N-dealkylation sites (tertiary alicyclic amines) is 1. The van der Waals surface area contributed by atoms with E-state index < -0.39 is 60.9 Å². The van der Waals surface area contributed by atoms with Gasteiger partial charge in [-0.15, -0.1) is 0 Å². The topological polar surface area (TPSA) is 240 Å². The van der Waals surface area contributed by atoms with Crippen LogP contribution in [0.4, 0.5) is 0 Å². The molecular formula is C34H64N6O11. The Morgan fingerprint density at radius 1 is 0.863 bits per heavy atom. The predicted octanol–water partition coefficient (Wildman–Crippen LogP) is -1.37. The fraction of sp³-hybridized carbons (Fsp3) is 0.853. The lowest BCUT2D eigenvalue weighted by Gasteiger charge is -2.35. The molecule has 0 bridgehead atoms. The summed E-state index contributed by atoms with van der Waals surface area (Å²) in [6.45, 7) is 15.9. The Morgan fingerprint density at radius 3 is 2.02 bits per heavy atom. The van der Waals surface area contributed by atoms with Crippen LogP contribution >= 0.6 is 0 Å². The number of carbonyl (C=O) groups excluding carboxylic acids is 5. The van der Waals surface area contributed by atoms with Gasteiger partial charge in [0.1, 0.15) is 24.7 Å². The highest BCUT2D eigenvalue weighted by Crippen LogP contribution is 2.30. The lowest BCUT2D eigenvalue weighted by molar-refractivity contribution is -0.190. The molecule has 0 saturated carbocycles. The van der Waals surface area contributed by atoms with E-state index in [4.69, 9.17) is 29.8 Å². The van der Waals surface area contributed by atoms with Gasteiger partial charge in [-0.1, -0.05) is 41.5 Å². The van der Waals surface area contributed by atoms with E-state index in [0.717, 1.165) is 0 Å². The van der Waals surface area contributed by atoms with Crippen LogP contribution in [0.25, 0.3) is 0 Å². The van der Waals surface area contributed by atoms with Gasteiger partial charge in [0.15, 0.2) is 6.29 Å². The minimum Gasteiger partial charge on any atom is -0.391 e. The summed E-state index contributed by atoms with van der Waals surface area (Å²) in [7, 11) is 0. The second kappa shape index (κ2) is 23.6. The second-order valence-corrected chi connectivity index (χ2v) is 14.3. The number of rotatable bonds is 24. The Kier molecular flexibility index (Phi) is 21.3. The summed E-state index contributed by atoms with van der Waals surface area (Å²) >= 11 is 0. The van der Waals surface area contributed by atoms with Crippen LogP contribution < -0.4 is 27.0 Å². The van der Waals surface area contributed by atoms with E-state index in [1.54, 1.807) is 0 Å². The van der Waals surface area contributed by atoms with Gasteiger partial charge >= 0.3 is 0 Å². The summed E-state index contributed by atoms with van der Waals surface area (Å²) in [5, 5.41) is 29.4. The van der Waals surface area contributed by atoms with Crippen molar-refractivity contribution in [2.24, 2.45) is 23.0 Å². The first kappa shape index (κ1) is 46.1. The molecule has 17 nitrogen and oxygen atoms in total. The van der Waals surface area contributed by atoms with E-state index in [0.29, 0.717) is 19.4 Å². The smallest absolute Gasteiger partial charge is 0.246 e. The molecule has 7 unspecified atom stereocenters. The van der Waals surface area contributed by atoms with Crippen molar-refractivity contribution in [2.45, 2.75) is 105 Å².